The zero-order chi connectivity index (χ0) is 14.3. The van der Waals surface area contributed by atoms with Crippen LogP contribution in [0.3, 0.4) is 0 Å². The van der Waals surface area contributed by atoms with E-state index < -0.39 is 0 Å². The summed E-state index contributed by atoms with van der Waals surface area (Å²) in [6.45, 7) is 3.49. The van der Waals surface area contributed by atoms with Crippen molar-refractivity contribution in [3.8, 4) is 0 Å². The van der Waals surface area contributed by atoms with Gasteiger partial charge in [-0.3, -0.25) is 0 Å². The minimum absolute atomic E-state index is 0.115. The van der Waals surface area contributed by atoms with Gasteiger partial charge in [0.05, 0.1) is 18.7 Å². The molecule has 3 nitrogen and oxygen atoms in total. The van der Waals surface area contributed by atoms with Crippen molar-refractivity contribution in [2.45, 2.75) is 18.9 Å². The second-order valence-electron chi connectivity index (χ2n) is 5.45. The van der Waals surface area contributed by atoms with Crippen LogP contribution in [0.15, 0.2) is 12.1 Å². The first-order chi connectivity index (χ1) is 9.56. The van der Waals surface area contributed by atoms with Crippen LogP contribution in [0.25, 0.3) is 0 Å². The molecule has 1 aromatic rings. The van der Waals surface area contributed by atoms with Gasteiger partial charge in [-0.05, 0) is 79.9 Å². The number of hydrogen-bond donors (Lipinski definition) is 1. The number of rotatable bonds is 2. The van der Waals surface area contributed by atoms with E-state index in [-0.39, 0.29) is 12.1 Å². The Bertz CT molecular complexity index is 541. The van der Waals surface area contributed by atoms with E-state index in [1.165, 1.54) is 25.9 Å². The Morgan fingerprint density at radius 1 is 1.15 bits per heavy atom. The molecule has 3 aliphatic heterocycles. The molecule has 3 saturated heterocycles. The van der Waals surface area contributed by atoms with Gasteiger partial charge < -0.3 is 9.64 Å². The van der Waals surface area contributed by atoms with Crippen molar-refractivity contribution in [2.24, 2.45) is 5.92 Å². The lowest BCUT2D eigenvalue weighted by atomic mass is 9.86. The summed E-state index contributed by atoms with van der Waals surface area (Å²) in [7, 11) is 0. The first-order valence-corrected chi connectivity index (χ1v) is 9.98. The number of esters is 1. The van der Waals surface area contributed by atoms with Crippen molar-refractivity contribution in [2.75, 3.05) is 19.6 Å². The molecule has 108 valence electrons. The number of fused-ring (bicyclic) bond motifs is 3. The molecule has 3 aliphatic rings. The van der Waals surface area contributed by atoms with Crippen molar-refractivity contribution >= 4 is 73.7 Å². The van der Waals surface area contributed by atoms with Gasteiger partial charge in [-0.15, -0.1) is 0 Å². The smallest absolute Gasteiger partial charge is 0.340 e. The maximum Gasteiger partial charge on any atom is 0.340 e. The van der Waals surface area contributed by atoms with Gasteiger partial charge in [0, 0.05) is 29.5 Å². The van der Waals surface area contributed by atoms with Gasteiger partial charge in [0.1, 0.15) is 6.54 Å². The maximum atomic E-state index is 12.5. The SMILES string of the molecule is O=C(OC1C[NH+]2CCC1CC2)c1c(I)ccc(I)c1I. The standard InChI is InChI=1S/C14H14I3NO2/c15-9-1-2-10(16)13(17)12(9)14(19)20-11-7-18-5-3-8(11)4-6-18/h1-2,8,11H,3-7H2/p+1. The van der Waals surface area contributed by atoms with Crippen molar-refractivity contribution in [3.63, 3.8) is 0 Å². The number of quaternary nitrogens is 1. The third-order valence-corrected chi connectivity index (χ3v) is 8.21. The predicted octanol–water partition coefficient (Wildman–Crippen LogP) is 2.33. The fraction of sp³-hybridized carbons (Fsp3) is 0.500. The molecule has 0 amide bonds. The zero-order valence-corrected chi connectivity index (χ0v) is 17.3. The van der Waals surface area contributed by atoms with Crippen LogP contribution in [0.4, 0.5) is 0 Å². The molecule has 1 atom stereocenters. The van der Waals surface area contributed by atoms with E-state index in [4.69, 9.17) is 4.74 Å². The van der Waals surface area contributed by atoms with Crippen LogP contribution in [0.2, 0.25) is 0 Å². The second kappa shape index (κ2) is 6.53. The first-order valence-electron chi connectivity index (χ1n) is 6.74. The number of carbonyl (C=O) groups excluding carboxylic acids is 1. The summed E-state index contributed by atoms with van der Waals surface area (Å²) < 4.78 is 8.95. The van der Waals surface area contributed by atoms with Gasteiger partial charge in [0.15, 0.2) is 6.10 Å². The Balaban J connectivity index is 1.79. The molecule has 0 aliphatic carbocycles. The van der Waals surface area contributed by atoms with Crippen LogP contribution in [0.1, 0.15) is 23.2 Å². The number of nitrogens with one attached hydrogen (secondary N) is 1. The summed E-state index contributed by atoms with van der Waals surface area (Å²) in [6.07, 6.45) is 2.52. The summed E-state index contributed by atoms with van der Waals surface area (Å²) in [5, 5.41) is 0. The third-order valence-electron chi connectivity index (χ3n) is 4.26. The van der Waals surface area contributed by atoms with E-state index in [9.17, 15) is 4.79 Å². The molecule has 0 spiro atoms. The lowest BCUT2D eigenvalue weighted by Gasteiger charge is -2.41. The Morgan fingerprint density at radius 2 is 1.80 bits per heavy atom. The molecular formula is C14H15I3NO2+. The average molecular weight is 610 g/mol. The number of ether oxygens (including phenoxy) is 1. The van der Waals surface area contributed by atoms with Gasteiger partial charge in [0.2, 0.25) is 0 Å². The number of piperidine rings is 3. The lowest BCUT2D eigenvalue weighted by molar-refractivity contribution is -0.920. The molecule has 0 aromatic heterocycles. The van der Waals surface area contributed by atoms with Gasteiger partial charge in [-0.2, -0.15) is 0 Å². The molecule has 4 rings (SSSR count). The van der Waals surface area contributed by atoms with E-state index in [2.05, 4.69) is 67.8 Å². The van der Waals surface area contributed by atoms with E-state index in [0.29, 0.717) is 5.92 Å². The number of carbonyl (C=O) groups is 1. The van der Waals surface area contributed by atoms with Crippen LogP contribution in [-0.4, -0.2) is 31.7 Å². The van der Waals surface area contributed by atoms with Gasteiger partial charge in [-0.25, -0.2) is 4.79 Å². The van der Waals surface area contributed by atoms with Crippen molar-refractivity contribution < 1.29 is 14.4 Å². The summed E-state index contributed by atoms with van der Waals surface area (Å²) in [5.41, 5.74) is 0.740. The molecule has 0 saturated carbocycles. The quantitative estimate of drug-likeness (QED) is 0.317. The highest BCUT2D eigenvalue weighted by atomic mass is 127. The topological polar surface area (TPSA) is 30.7 Å². The molecular weight excluding hydrogens is 595 g/mol. The second-order valence-corrected chi connectivity index (χ2v) is 8.86. The van der Waals surface area contributed by atoms with E-state index in [1.807, 2.05) is 12.1 Å². The molecule has 3 heterocycles. The predicted molar refractivity (Wildman–Crippen MR) is 102 cm³/mol. The number of hydrogen-bond acceptors (Lipinski definition) is 2. The Hall–Kier alpha value is 0.840. The molecule has 20 heavy (non-hydrogen) atoms. The van der Waals surface area contributed by atoms with Crippen LogP contribution < -0.4 is 4.90 Å². The fourth-order valence-electron chi connectivity index (χ4n) is 3.12. The number of halogens is 3. The molecule has 2 bridgehead atoms. The molecule has 6 heteroatoms. The number of benzene rings is 1. The zero-order valence-electron chi connectivity index (χ0n) is 10.8. The van der Waals surface area contributed by atoms with Crippen LogP contribution in [-0.2, 0) is 4.74 Å². The van der Waals surface area contributed by atoms with Gasteiger partial charge in [0.25, 0.3) is 0 Å². The monoisotopic (exact) mass is 610 g/mol. The van der Waals surface area contributed by atoms with E-state index in [1.54, 1.807) is 4.90 Å². The summed E-state index contributed by atoms with van der Waals surface area (Å²) in [5.74, 6) is 0.435. The van der Waals surface area contributed by atoms with Crippen molar-refractivity contribution in [1.29, 1.82) is 0 Å². The fourth-order valence-corrected chi connectivity index (χ4v) is 5.45. The summed E-state index contributed by atoms with van der Waals surface area (Å²) in [6, 6.07) is 4.03. The summed E-state index contributed by atoms with van der Waals surface area (Å²) >= 11 is 6.73. The van der Waals surface area contributed by atoms with Crippen LogP contribution >= 0.6 is 67.8 Å². The normalized spacial score (nSPS) is 28.4. The Labute approximate surface area is 159 Å². The van der Waals surface area contributed by atoms with Crippen molar-refractivity contribution in [3.05, 3.63) is 28.4 Å². The highest BCUT2D eigenvalue weighted by Crippen LogP contribution is 2.27. The molecule has 1 unspecified atom stereocenters. The van der Waals surface area contributed by atoms with Crippen LogP contribution in [0.5, 0.6) is 0 Å². The van der Waals surface area contributed by atoms with E-state index in [0.717, 1.165) is 22.8 Å². The minimum Gasteiger partial charge on any atom is -0.452 e. The van der Waals surface area contributed by atoms with Crippen LogP contribution in [0, 0.1) is 16.6 Å². The average Bonchev–Trinajstić information content (AvgIpc) is 2.45. The third kappa shape index (κ3) is 3.12. The van der Waals surface area contributed by atoms with Gasteiger partial charge in [-0.1, -0.05) is 0 Å². The first kappa shape index (κ1) is 15.7. The highest BCUT2D eigenvalue weighted by molar-refractivity contribution is 14.1. The highest BCUT2D eigenvalue weighted by Gasteiger charge is 2.40. The molecule has 3 fully saturated rings. The lowest BCUT2D eigenvalue weighted by Crippen LogP contribution is -3.16. The maximum absolute atomic E-state index is 12.5. The van der Waals surface area contributed by atoms with Crippen molar-refractivity contribution in [1.82, 2.24) is 0 Å². The largest absolute Gasteiger partial charge is 0.452 e. The molecule has 0 radical (unpaired) electrons. The Kier molecular flexibility index (Phi) is 5.13. The Morgan fingerprint density at radius 3 is 2.40 bits per heavy atom. The summed E-state index contributed by atoms with van der Waals surface area (Å²) in [4.78, 5) is 14.1. The minimum atomic E-state index is -0.143. The molecule has 1 N–H and O–H groups in total. The van der Waals surface area contributed by atoms with E-state index >= 15 is 0 Å². The molecule has 1 aromatic carbocycles. The van der Waals surface area contributed by atoms with Gasteiger partial charge >= 0.3 is 5.97 Å².